The first-order valence-electron chi connectivity index (χ1n) is 8.11. The molecule has 0 saturated carbocycles. The monoisotopic (exact) mass is 283 g/mol. The molecule has 2 fully saturated rings. The third-order valence-electron chi connectivity index (χ3n) is 4.54. The van der Waals surface area contributed by atoms with E-state index in [-0.39, 0.29) is 11.9 Å². The van der Waals surface area contributed by atoms with Crippen LogP contribution in [0.25, 0.3) is 0 Å². The molecule has 2 saturated heterocycles. The number of ether oxygens (including phenoxy) is 1. The van der Waals surface area contributed by atoms with Crippen LogP contribution in [0.3, 0.4) is 0 Å². The molecule has 20 heavy (non-hydrogen) atoms. The number of hydrogen-bond acceptors (Lipinski definition) is 5. The largest absolute Gasteiger partial charge is 0.465 e. The number of carbonyl (C=O) groups is 1. The Labute approximate surface area is 122 Å². The van der Waals surface area contributed by atoms with Crippen molar-refractivity contribution in [3.05, 3.63) is 0 Å². The topological polar surface area (TPSA) is 58.8 Å². The van der Waals surface area contributed by atoms with E-state index in [1.54, 1.807) is 0 Å². The van der Waals surface area contributed by atoms with Crippen LogP contribution < -0.4 is 5.84 Å². The molecule has 2 rings (SSSR count). The number of unbranched alkanes of at least 4 members (excludes halogenated alkanes) is 1. The normalized spacial score (nSPS) is 26.6. The van der Waals surface area contributed by atoms with Crippen molar-refractivity contribution < 1.29 is 9.53 Å². The Hall–Kier alpha value is -0.650. The summed E-state index contributed by atoms with van der Waals surface area (Å²) in [6, 6.07) is 0.598. The van der Waals surface area contributed by atoms with Gasteiger partial charge in [-0.2, -0.15) is 0 Å². The third-order valence-corrected chi connectivity index (χ3v) is 4.54. The number of esters is 1. The molecule has 0 aromatic rings. The van der Waals surface area contributed by atoms with E-state index in [1.807, 2.05) is 5.01 Å². The van der Waals surface area contributed by atoms with Crippen molar-refractivity contribution >= 4 is 5.97 Å². The van der Waals surface area contributed by atoms with E-state index in [0.717, 1.165) is 64.7 Å². The van der Waals surface area contributed by atoms with Crippen LogP contribution in [0.15, 0.2) is 0 Å². The van der Waals surface area contributed by atoms with Crippen molar-refractivity contribution in [1.29, 1.82) is 0 Å². The second kappa shape index (κ2) is 7.96. The van der Waals surface area contributed by atoms with Gasteiger partial charge in [0.05, 0.1) is 12.5 Å². The minimum Gasteiger partial charge on any atom is -0.465 e. The minimum atomic E-state index is 0.0133. The second-order valence-corrected chi connectivity index (χ2v) is 6.12. The molecule has 0 aromatic carbocycles. The predicted molar refractivity (Wildman–Crippen MR) is 78.9 cm³/mol. The van der Waals surface area contributed by atoms with Gasteiger partial charge in [-0.05, 0) is 38.6 Å². The Kier molecular flexibility index (Phi) is 6.26. The van der Waals surface area contributed by atoms with E-state index in [4.69, 9.17) is 10.6 Å². The quantitative estimate of drug-likeness (QED) is 0.469. The van der Waals surface area contributed by atoms with E-state index in [0.29, 0.717) is 12.6 Å². The Morgan fingerprint density at radius 3 is 2.70 bits per heavy atom. The smallest absolute Gasteiger partial charge is 0.310 e. The van der Waals surface area contributed by atoms with E-state index >= 15 is 0 Å². The summed E-state index contributed by atoms with van der Waals surface area (Å²) in [5.41, 5.74) is 0. The number of carbonyl (C=O) groups excluding carboxylic acids is 1. The van der Waals surface area contributed by atoms with Crippen LogP contribution in [-0.4, -0.2) is 54.7 Å². The van der Waals surface area contributed by atoms with Gasteiger partial charge >= 0.3 is 5.97 Å². The molecule has 0 amide bonds. The van der Waals surface area contributed by atoms with Crippen molar-refractivity contribution in [2.45, 2.75) is 51.5 Å². The van der Waals surface area contributed by atoms with Crippen molar-refractivity contribution in [2.24, 2.45) is 11.8 Å². The molecular formula is C15H29N3O2. The first-order valence-corrected chi connectivity index (χ1v) is 8.11. The molecule has 1 unspecified atom stereocenters. The molecule has 0 radical (unpaired) electrons. The van der Waals surface area contributed by atoms with Crippen LogP contribution in [0, 0.1) is 5.92 Å². The zero-order valence-corrected chi connectivity index (χ0v) is 12.7. The average molecular weight is 283 g/mol. The van der Waals surface area contributed by atoms with Gasteiger partial charge in [0.25, 0.3) is 0 Å². The highest BCUT2D eigenvalue weighted by molar-refractivity contribution is 5.72. The van der Waals surface area contributed by atoms with Gasteiger partial charge in [-0.1, -0.05) is 13.3 Å². The average Bonchev–Trinajstić information content (AvgIpc) is 2.48. The lowest BCUT2D eigenvalue weighted by Crippen LogP contribution is -2.51. The fourth-order valence-corrected chi connectivity index (χ4v) is 3.22. The molecule has 116 valence electrons. The Morgan fingerprint density at radius 1 is 1.25 bits per heavy atom. The van der Waals surface area contributed by atoms with Crippen LogP contribution in [0.1, 0.15) is 45.4 Å². The first-order chi connectivity index (χ1) is 9.70. The van der Waals surface area contributed by atoms with Gasteiger partial charge in [-0.15, -0.1) is 0 Å². The summed E-state index contributed by atoms with van der Waals surface area (Å²) >= 11 is 0. The summed E-state index contributed by atoms with van der Waals surface area (Å²) in [6.45, 7) is 6.62. The summed E-state index contributed by atoms with van der Waals surface area (Å²) in [4.78, 5) is 14.6. The second-order valence-electron chi connectivity index (χ2n) is 6.12. The number of nitrogens with two attached hydrogens (primary N) is 1. The summed E-state index contributed by atoms with van der Waals surface area (Å²) < 4.78 is 5.38. The molecule has 2 heterocycles. The fourth-order valence-electron chi connectivity index (χ4n) is 3.22. The van der Waals surface area contributed by atoms with Gasteiger partial charge in [0.15, 0.2) is 0 Å². The van der Waals surface area contributed by atoms with Gasteiger partial charge < -0.3 is 4.74 Å². The van der Waals surface area contributed by atoms with Crippen molar-refractivity contribution in [3.63, 3.8) is 0 Å². The zero-order chi connectivity index (χ0) is 14.4. The highest BCUT2D eigenvalue weighted by Crippen LogP contribution is 2.24. The maximum Gasteiger partial charge on any atom is 0.310 e. The summed E-state index contributed by atoms with van der Waals surface area (Å²) in [5, 5.41) is 1.90. The van der Waals surface area contributed by atoms with Gasteiger partial charge in [0, 0.05) is 25.7 Å². The van der Waals surface area contributed by atoms with E-state index in [2.05, 4.69) is 11.8 Å². The molecule has 0 aliphatic carbocycles. The van der Waals surface area contributed by atoms with Gasteiger partial charge in [0.1, 0.15) is 0 Å². The lowest BCUT2D eigenvalue weighted by atomic mass is 9.94. The molecule has 0 spiro atoms. The highest BCUT2D eigenvalue weighted by atomic mass is 16.5. The Balaban J connectivity index is 1.77. The summed E-state index contributed by atoms with van der Waals surface area (Å²) in [6.07, 6.45) is 6.37. The molecule has 5 heteroatoms. The number of nitrogens with zero attached hydrogens (tertiary/aromatic N) is 2. The third kappa shape index (κ3) is 4.43. The van der Waals surface area contributed by atoms with Crippen LogP contribution in [0.5, 0.6) is 0 Å². The van der Waals surface area contributed by atoms with E-state index < -0.39 is 0 Å². The standard InChI is InChI=1S/C15H29N3O2/c1-2-3-11-20-15(19)13-5-4-8-17(12-13)14-6-9-18(16)10-7-14/h13-14H,2-12,16H2,1H3. The van der Waals surface area contributed by atoms with Crippen LogP contribution in [0.2, 0.25) is 0 Å². The van der Waals surface area contributed by atoms with Crippen molar-refractivity contribution in [2.75, 3.05) is 32.8 Å². The SMILES string of the molecule is CCCCOC(=O)C1CCCN(C2CCN(N)CC2)C1. The van der Waals surface area contributed by atoms with Crippen LogP contribution in [0.4, 0.5) is 0 Å². The summed E-state index contributed by atoms with van der Waals surface area (Å²) in [5.74, 6) is 5.90. The number of rotatable bonds is 5. The lowest BCUT2D eigenvalue weighted by molar-refractivity contribution is -0.151. The minimum absolute atomic E-state index is 0.0133. The molecule has 1 atom stereocenters. The van der Waals surface area contributed by atoms with Crippen molar-refractivity contribution in [1.82, 2.24) is 9.91 Å². The number of hydrazine groups is 1. The molecule has 0 aromatic heterocycles. The molecule has 2 aliphatic heterocycles. The Morgan fingerprint density at radius 2 is 2.00 bits per heavy atom. The van der Waals surface area contributed by atoms with Crippen LogP contribution >= 0.6 is 0 Å². The molecule has 0 bridgehead atoms. The zero-order valence-electron chi connectivity index (χ0n) is 12.7. The van der Waals surface area contributed by atoms with Gasteiger partial charge in [-0.25, -0.2) is 5.01 Å². The first kappa shape index (κ1) is 15.7. The molecule has 2 N–H and O–H groups in total. The molecule has 2 aliphatic rings. The number of piperidine rings is 2. The van der Waals surface area contributed by atoms with E-state index in [1.165, 1.54) is 0 Å². The van der Waals surface area contributed by atoms with Gasteiger partial charge in [-0.3, -0.25) is 15.5 Å². The maximum atomic E-state index is 12.1. The lowest BCUT2D eigenvalue weighted by Gasteiger charge is -2.40. The van der Waals surface area contributed by atoms with Gasteiger partial charge in [0.2, 0.25) is 0 Å². The van der Waals surface area contributed by atoms with E-state index in [9.17, 15) is 4.79 Å². The maximum absolute atomic E-state index is 12.1. The Bertz CT molecular complexity index is 303. The number of likely N-dealkylation sites (tertiary alicyclic amines) is 1. The molecular weight excluding hydrogens is 254 g/mol. The molecule has 5 nitrogen and oxygen atoms in total. The highest BCUT2D eigenvalue weighted by Gasteiger charge is 2.31. The fraction of sp³-hybridized carbons (Fsp3) is 0.933. The summed E-state index contributed by atoms with van der Waals surface area (Å²) in [7, 11) is 0. The van der Waals surface area contributed by atoms with Crippen molar-refractivity contribution in [3.8, 4) is 0 Å². The predicted octanol–water partition coefficient (Wildman–Crippen LogP) is 1.38. The number of hydrogen-bond donors (Lipinski definition) is 1. The van der Waals surface area contributed by atoms with Crippen LogP contribution in [-0.2, 0) is 9.53 Å².